The number of hydrogen-bond donors (Lipinski definition) is 3. The van der Waals surface area contributed by atoms with Crippen LogP contribution in [-0.2, 0) is 0 Å². The van der Waals surface area contributed by atoms with E-state index >= 15 is 0 Å². The zero-order valence-corrected chi connectivity index (χ0v) is 22.0. The van der Waals surface area contributed by atoms with Gasteiger partial charge in [0, 0.05) is 18.0 Å². The van der Waals surface area contributed by atoms with Crippen molar-refractivity contribution in [3.63, 3.8) is 0 Å². The molecule has 0 fully saturated rings. The van der Waals surface area contributed by atoms with E-state index in [2.05, 4.69) is 17.6 Å². The molecule has 0 saturated heterocycles. The number of phenols is 1. The second-order valence-corrected chi connectivity index (χ2v) is 10.4. The highest BCUT2D eigenvalue weighted by Gasteiger charge is 2.00. The van der Waals surface area contributed by atoms with Crippen LogP contribution in [-0.4, -0.2) is 30.0 Å². The van der Waals surface area contributed by atoms with Gasteiger partial charge in [-0.3, -0.25) is 0 Å². The molecular formula is C28H50N2O2S. The first-order valence-electron chi connectivity index (χ1n) is 13.7. The molecule has 1 aromatic carbocycles. The zero-order chi connectivity index (χ0) is 23.8. The quantitative estimate of drug-likeness (QED) is 0.116. The predicted octanol–water partition coefficient (Wildman–Crippen LogP) is 8.44. The molecule has 0 spiro atoms. The molecule has 0 heterocycles. The summed E-state index contributed by atoms with van der Waals surface area (Å²) in [6.07, 6.45) is 22.8. The van der Waals surface area contributed by atoms with Gasteiger partial charge in [0.05, 0.1) is 0 Å². The maximum atomic E-state index is 11.8. The molecule has 1 rings (SSSR count). The van der Waals surface area contributed by atoms with Gasteiger partial charge in [-0.05, 0) is 42.9 Å². The Balaban J connectivity index is 1.74. The van der Waals surface area contributed by atoms with Gasteiger partial charge < -0.3 is 15.7 Å². The molecule has 0 bridgehead atoms. The van der Waals surface area contributed by atoms with E-state index < -0.39 is 0 Å². The Kier molecular flexibility index (Phi) is 20.2. The number of rotatable bonds is 22. The average molecular weight is 479 g/mol. The van der Waals surface area contributed by atoms with Crippen molar-refractivity contribution in [2.45, 2.75) is 121 Å². The van der Waals surface area contributed by atoms with Gasteiger partial charge in [0.25, 0.3) is 0 Å². The van der Waals surface area contributed by atoms with Crippen LogP contribution in [0.1, 0.15) is 116 Å². The number of nitrogens with one attached hydrogen (secondary N) is 2. The number of aromatic hydroxyl groups is 1. The largest absolute Gasteiger partial charge is 0.508 e. The first-order chi connectivity index (χ1) is 16.2. The summed E-state index contributed by atoms with van der Waals surface area (Å²) < 4.78 is 0. The van der Waals surface area contributed by atoms with E-state index in [1.807, 2.05) is 12.1 Å². The summed E-state index contributed by atoms with van der Waals surface area (Å²) in [4.78, 5) is 13.0. The molecule has 2 amide bonds. The molecule has 0 aliphatic heterocycles. The SMILES string of the molecule is CCCCCCCCCCCCCCCCCCNC(=O)NCCCSc1ccc(O)cc1. The summed E-state index contributed by atoms with van der Waals surface area (Å²) in [5.41, 5.74) is 0. The van der Waals surface area contributed by atoms with Gasteiger partial charge >= 0.3 is 6.03 Å². The summed E-state index contributed by atoms with van der Waals surface area (Å²) in [6.45, 7) is 3.74. The van der Waals surface area contributed by atoms with E-state index in [0.717, 1.165) is 30.0 Å². The molecule has 1 aromatic rings. The van der Waals surface area contributed by atoms with Crippen molar-refractivity contribution in [2.24, 2.45) is 0 Å². The van der Waals surface area contributed by atoms with Crippen LogP contribution >= 0.6 is 11.8 Å². The fourth-order valence-corrected chi connectivity index (χ4v) is 4.80. The van der Waals surface area contributed by atoms with Crippen LogP contribution < -0.4 is 10.6 Å². The molecule has 0 aliphatic rings. The van der Waals surface area contributed by atoms with Crippen molar-refractivity contribution in [2.75, 3.05) is 18.8 Å². The maximum Gasteiger partial charge on any atom is 0.314 e. The van der Waals surface area contributed by atoms with Gasteiger partial charge in [-0.25, -0.2) is 4.79 Å². The lowest BCUT2D eigenvalue weighted by Gasteiger charge is -2.08. The van der Waals surface area contributed by atoms with E-state index in [1.54, 1.807) is 23.9 Å². The lowest BCUT2D eigenvalue weighted by molar-refractivity contribution is 0.240. The minimum absolute atomic E-state index is 0.0504. The molecule has 0 radical (unpaired) electrons. The second-order valence-electron chi connectivity index (χ2n) is 9.18. The standard InChI is InChI=1S/C28H50N2O2S/c1-2-3-4-5-6-7-8-9-10-11-12-13-14-15-16-17-23-29-28(32)30-24-18-25-33-27-21-19-26(31)20-22-27/h19-22,31H,2-18,23-25H2,1H3,(H2,29,30,32). The molecule has 0 aromatic heterocycles. The van der Waals surface area contributed by atoms with Crippen LogP contribution in [0.4, 0.5) is 4.79 Å². The average Bonchev–Trinajstić information content (AvgIpc) is 2.82. The van der Waals surface area contributed by atoms with E-state index in [1.165, 1.54) is 96.3 Å². The molecule has 33 heavy (non-hydrogen) atoms. The van der Waals surface area contributed by atoms with E-state index in [0.29, 0.717) is 12.3 Å². The molecule has 0 saturated carbocycles. The zero-order valence-electron chi connectivity index (χ0n) is 21.2. The first kappa shape index (κ1) is 29.7. The van der Waals surface area contributed by atoms with Crippen molar-refractivity contribution in [3.8, 4) is 5.75 Å². The van der Waals surface area contributed by atoms with Gasteiger partial charge in [-0.15, -0.1) is 11.8 Å². The van der Waals surface area contributed by atoms with Gasteiger partial charge in [0.1, 0.15) is 5.75 Å². The number of hydrogen-bond acceptors (Lipinski definition) is 3. The normalized spacial score (nSPS) is 10.9. The topological polar surface area (TPSA) is 61.4 Å². The minimum Gasteiger partial charge on any atom is -0.508 e. The van der Waals surface area contributed by atoms with E-state index in [-0.39, 0.29) is 6.03 Å². The molecule has 3 N–H and O–H groups in total. The van der Waals surface area contributed by atoms with Crippen LogP contribution in [0, 0.1) is 0 Å². The number of amides is 2. The lowest BCUT2D eigenvalue weighted by Crippen LogP contribution is -2.36. The molecular weight excluding hydrogens is 428 g/mol. The number of carbonyl (C=O) groups is 1. The van der Waals surface area contributed by atoms with E-state index in [9.17, 15) is 9.90 Å². The van der Waals surface area contributed by atoms with Gasteiger partial charge in [-0.1, -0.05) is 103 Å². The molecule has 0 atom stereocenters. The van der Waals surface area contributed by atoms with Crippen molar-refractivity contribution in [1.82, 2.24) is 10.6 Å². The fourth-order valence-electron chi connectivity index (χ4n) is 3.94. The van der Waals surface area contributed by atoms with Gasteiger partial charge in [0.15, 0.2) is 0 Å². The predicted molar refractivity (Wildman–Crippen MR) is 144 cm³/mol. The highest BCUT2D eigenvalue weighted by atomic mass is 32.2. The first-order valence-corrected chi connectivity index (χ1v) is 14.6. The number of phenolic OH excluding ortho intramolecular Hbond substituents is 1. The highest BCUT2D eigenvalue weighted by Crippen LogP contribution is 2.21. The van der Waals surface area contributed by atoms with Crippen LogP contribution in [0.5, 0.6) is 5.75 Å². The Morgan fingerprint density at radius 2 is 1.09 bits per heavy atom. The van der Waals surface area contributed by atoms with Crippen molar-refractivity contribution >= 4 is 17.8 Å². The molecule has 190 valence electrons. The third-order valence-electron chi connectivity index (χ3n) is 6.03. The highest BCUT2D eigenvalue weighted by molar-refractivity contribution is 7.99. The molecule has 4 nitrogen and oxygen atoms in total. The summed E-state index contributed by atoms with van der Waals surface area (Å²) in [5.74, 6) is 1.24. The fraction of sp³-hybridized carbons (Fsp3) is 0.750. The summed E-state index contributed by atoms with van der Waals surface area (Å²) >= 11 is 1.74. The Morgan fingerprint density at radius 3 is 1.58 bits per heavy atom. The summed E-state index contributed by atoms with van der Waals surface area (Å²) in [7, 11) is 0. The third kappa shape index (κ3) is 19.8. The number of urea groups is 1. The number of unbranched alkanes of at least 4 members (excludes halogenated alkanes) is 15. The Hall–Kier alpha value is -1.36. The number of carbonyl (C=O) groups excluding carboxylic acids is 1. The van der Waals surface area contributed by atoms with Crippen LogP contribution in [0.15, 0.2) is 29.2 Å². The summed E-state index contributed by atoms with van der Waals surface area (Å²) in [5, 5.41) is 15.2. The van der Waals surface area contributed by atoms with Crippen molar-refractivity contribution < 1.29 is 9.90 Å². The Bertz CT molecular complexity index is 566. The van der Waals surface area contributed by atoms with Gasteiger partial charge in [-0.2, -0.15) is 0 Å². The lowest BCUT2D eigenvalue weighted by atomic mass is 10.0. The second kappa shape index (κ2) is 22.4. The Morgan fingerprint density at radius 1 is 0.667 bits per heavy atom. The van der Waals surface area contributed by atoms with Crippen molar-refractivity contribution in [1.29, 1.82) is 0 Å². The monoisotopic (exact) mass is 478 g/mol. The van der Waals surface area contributed by atoms with Crippen LogP contribution in [0.25, 0.3) is 0 Å². The third-order valence-corrected chi connectivity index (χ3v) is 7.13. The minimum atomic E-state index is -0.0504. The molecule has 0 aliphatic carbocycles. The molecule has 0 unspecified atom stereocenters. The maximum absolute atomic E-state index is 11.8. The van der Waals surface area contributed by atoms with Gasteiger partial charge in [0.2, 0.25) is 0 Å². The Labute approximate surface area is 208 Å². The van der Waals surface area contributed by atoms with Crippen LogP contribution in [0.2, 0.25) is 0 Å². The smallest absolute Gasteiger partial charge is 0.314 e. The van der Waals surface area contributed by atoms with Crippen molar-refractivity contribution in [3.05, 3.63) is 24.3 Å². The van der Waals surface area contributed by atoms with Crippen LogP contribution in [0.3, 0.4) is 0 Å². The summed E-state index contributed by atoms with van der Waals surface area (Å²) in [6, 6.07) is 7.18. The van der Waals surface area contributed by atoms with E-state index in [4.69, 9.17) is 0 Å². The number of thioether (sulfide) groups is 1. The molecule has 5 heteroatoms. The number of benzene rings is 1.